The Morgan fingerprint density at radius 1 is 1.42 bits per heavy atom. The fraction of sp³-hybridized carbons (Fsp3) is 0.500. The average molecular weight is 285 g/mol. The van der Waals surface area contributed by atoms with Crippen molar-refractivity contribution in [3.63, 3.8) is 0 Å². The van der Waals surface area contributed by atoms with Crippen LogP contribution in [0.3, 0.4) is 0 Å². The minimum absolute atomic E-state index is 0. The van der Waals surface area contributed by atoms with Crippen LogP contribution in [0.15, 0.2) is 24.3 Å². The predicted molar refractivity (Wildman–Crippen MR) is 77.7 cm³/mol. The maximum absolute atomic E-state index is 11.8. The SMILES string of the molecule is CCOc1ccc(CNC(=O)C2CCCN2)cc1.Cl. The minimum Gasteiger partial charge on any atom is -0.494 e. The lowest BCUT2D eigenvalue weighted by atomic mass is 10.2. The molecule has 0 spiro atoms. The molecule has 0 aromatic heterocycles. The molecule has 4 nitrogen and oxygen atoms in total. The molecule has 1 aliphatic heterocycles. The Morgan fingerprint density at radius 2 is 2.16 bits per heavy atom. The van der Waals surface area contributed by atoms with Crippen molar-refractivity contribution in [2.24, 2.45) is 0 Å². The van der Waals surface area contributed by atoms with Crippen molar-refractivity contribution in [1.82, 2.24) is 10.6 Å². The summed E-state index contributed by atoms with van der Waals surface area (Å²) in [7, 11) is 0. The highest BCUT2D eigenvalue weighted by molar-refractivity contribution is 5.85. The quantitative estimate of drug-likeness (QED) is 0.868. The van der Waals surface area contributed by atoms with Crippen molar-refractivity contribution in [3.05, 3.63) is 29.8 Å². The Balaban J connectivity index is 0.00000180. The molecule has 0 radical (unpaired) electrons. The summed E-state index contributed by atoms with van der Waals surface area (Å²) in [5, 5.41) is 6.14. The average Bonchev–Trinajstić information content (AvgIpc) is 2.92. The van der Waals surface area contributed by atoms with Gasteiger partial charge in [-0.15, -0.1) is 12.4 Å². The topological polar surface area (TPSA) is 50.4 Å². The Kier molecular flexibility index (Phi) is 6.67. The molecule has 106 valence electrons. The summed E-state index contributed by atoms with van der Waals surface area (Å²) in [5.41, 5.74) is 1.09. The van der Waals surface area contributed by atoms with Crippen LogP contribution in [0.1, 0.15) is 25.3 Å². The molecule has 0 bridgehead atoms. The first kappa shape index (κ1) is 15.8. The Hall–Kier alpha value is -1.26. The first-order valence-electron chi connectivity index (χ1n) is 6.52. The highest BCUT2D eigenvalue weighted by atomic mass is 35.5. The van der Waals surface area contributed by atoms with Crippen molar-refractivity contribution in [3.8, 4) is 5.75 Å². The van der Waals surface area contributed by atoms with Gasteiger partial charge in [0.05, 0.1) is 12.6 Å². The van der Waals surface area contributed by atoms with E-state index in [-0.39, 0.29) is 24.4 Å². The van der Waals surface area contributed by atoms with Crippen molar-refractivity contribution < 1.29 is 9.53 Å². The molecule has 5 heteroatoms. The summed E-state index contributed by atoms with van der Waals surface area (Å²) in [6.45, 7) is 4.15. The third-order valence-electron chi connectivity index (χ3n) is 3.08. The van der Waals surface area contributed by atoms with Crippen LogP contribution in [0.5, 0.6) is 5.75 Å². The predicted octanol–water partition coefficient (Wildman–Crippen LogP) is 1.88. The number of benzene rings is 1. The maximum Gasteiger partial charge on any atom is 0.237 e. The van der Waals surface area contributed by atoms with Crippen molar-refractivity contribution in [1.29, 1.82) is 0 Å². The van der Waals surface area contributed by atoms with Crippen LogP contribution in [-0.4, -0.2) is 25.1 Å². The van der Waals surface area contributed by atoms with Crippen molar-refractivity contribution in [2.75, 3.05) is 13.2 Å². The van der Waals surface area contributed by atoms with E-state index in [0.29, 0.717) is 13.2 Å². The highest BCUT2D eigenvalue weighted by Crippen LogP contribution is 2.12. The fourth-order valence-corrected chi connectivity index (χ4v) is 2.09. The summed E-state index contributed by atoms with van der Waals surface area (Å²) in [4.78, 5) is 11.8. The number of hydrogen-bond donors (Lipinski definition) is 2. The molecule has 1 amide bonds. The molecular weight excluding hydrogens is 264 g/mol. The maximum atomic E-state index is 11.8. The number of carbonyl (C=O) groups excluding carboxylic acids is 1. The van der Waals surface area contributed by atoms with E-state index in [0.717, 1.165) is 30.7 Å². The fourth-order valence-electron chi connectivity index (χ4n) is 2.09. The van der Waals surface area contributed by atoms with Crippen LogP contribution >= 0.6 is 12.4 Å². The lowest BCUT2D eigenvalue weighted by Crippen LogP contribution is -2.39. The number of ether oxygens (including phenoxy) is 1. The number of hydrogen-bond acceptors (Lipinski definition) is 3. The first-order valence-corrected chi connectivity index (χ1v) is 6.52. The van der Waals surface area contributed by atoms with Gasteiger partial charge in [0, 0.05) is 6.54 Å². The molecule has 0 saturated carbocycles. The van der Waals surface area contributed by atoms with Gasteiger partial charge in [-0.1, -0.05) is 12.1 Å². The second-order valence-electron chi connectivity index (χ2n) is 4.44. The molecule has 2 rings (SSSR count). The number of amides is 1. The van der Waals surface area contributed by atoms with Crippen molar-refractivity contribution >= 4 is 18.3 Å². The molecule has 19 heavy (non-hydrogen) atoms. The third-order valence-corrected chi connectivity index (χ3v) is 3.08. The van der Waals surface area contributed by atoms with Crippen LogP contribution in [0.25, 0.3) is 0 Å². The number of carbonyl (C=O) groups is 1. The molecule has 1 saturated heterocycles. The largest absolute Gasteiger partial charge is 0.494 e. The zero-order valence-corrected chi connectivity index (χ0v) is 12.0. The monoisotopic (exact) mass is 284 g/mol. The summed E-state index contributed by atoms with van der Waals surface area (Å²) in [6.07, 6.45) is 2.02. The molecule has 1 unspecified atom stereocenters. The molecular formula is C14H21ClN2O2. The minimum atomic E-state index is -0.00676. The van der Waals surface area contributed by atoms with Gasteiger partial charge in [0.1, 0.15) is 5.75 Å². The smallest absolute Gasteiger partial charge is 0.237 e. The van der Waals surface area contributed by atoms with Gasteiger partial charge in [-0.05, 0) is 44.0 Å². The van der Waals surface area contributed by atoms with Gasteiger partial charge in [0.25, 0.3) is 0 Å². The van der Waals surface area contributed by atoms with E-state index in [2.05, 4.69) is 10.6 Å². The van der Waals surface area contributed by atoms with Gasteiger partial charge in [0.2, 0.25) is 5.91 Å². The Morgan fingerprint density at radius 3 is 2.74 bits per heavy atom. The molecule has 0 aliphatic carbocycles. The van der Waals surface area contributed by atoms with Gasteiger partial charge in [-0.25, -0.2) is 0 Å². The van der Waals surface area contributed by atoms with E-state index < -0.39 is 0 Å². The summed E-state index contributed by atoms with van der Waals surface area (Å²) in [6, 6.07) is 7.81. The zero-order chi connectivity index (χ0) is 12.8. The van der Waals surface area contributed by atoms with E-state index in [4.69, 9.17) is 4.74 Å². The molecule has 1 aromatic rings. The zero-order valence-electron chi connectivity index (χ0n) is 11.1. The number of rotatable bonds is 5. The van der Waals surface area contributed by atoms with Crippen LogP contribution in [0, 0.1) is 0 Å². The van der Waals surface area contributed by atoms with E-state index >= 15 is 0 Å². The lowest BCUT2D eigenvalue weighted by Gasteiger charge is -2.11. The van der Waals surface area contributed by atoms with E-state index in [1.165, 1.54) is 0 Å². The molecule has 1 aromatic carbocycles. The lowest BCUT2D eigenvalue weighted by molar-refractivity contribution is -0.122. The van der Waals surface area contributed by atoms with E-state index in [9.17, 15) is 4.79 Å². The summed E-state index contributed by atoms with van der Waals surface area (Å²) in [5.74, 6) is 0.964. The Labute approximate surface area is 120 Å². The molecule has 2 N–H and O–H groups in total. The van der Waals surface area contributed by atoms with E-state index in [1.807, 2.05) is 31.2 Å². The van der Waals surface area contributed by atoms with Crippen LogP contribution in [-0.2, 0) is 11.3 Å². The van der Waals surface area contributed by atoms with Gasteiger partial charge >= 0.3 is 0 Å². The van der Waals surface area contributed by atoms with Gasteiger partial charge in [0.15, 0.2) is 0 Å². The Bertz CT molecular complexity index is 389. The van der Waals surface area contributed by atoms with Gasteiger partial charge in [-0.3, -0.25) is 4.79 Å². The molecule has 1 fully saturated rings. The second-order valence-corrected chi connectivity index (χ2v) is 4.44. The van der Waals surface area contributed by atoms with Gasteiger partial charge < -0.3 is 15.4 Å². The second kappa shape index (κ2) is 8.02. The van der Waals surface area contributed by atoms with E-state index in [1.54, 1.807) is 0 Å². The highest BCUT2D eigenvalue weighted by Gasteiger charge is 2.21. The number of halogens is 1. The normalized spacial score (nSPS) is 17.6. The summed E-state index contributed by atoms with van der Waals surface area (Å²) >= 11 is 0. The van der Waals surface area contributed by atoms with Crippen LogP contribution < -0.4 is 15.4 Å². The van der Waals surface area contributed by atoms with Crippen molar-refractivity contribution in [2.45, 2.75) is 32.4 Å². The number of nitrogens with one attached hydrogen (secondary N) is 2. The van der Waals surface area contributed by atoms with Gasteiger partial charge in [-0.2, -0.15) is 0 Å². The molecule has 1 aliphatic rings. The first-order chi connectivity index (χ1) is 8.79. The summed E-state index contributed by atoms with van der Waals surface area (Å²) < 4.78 is 5.37. The standard InChI is InChI=1S/C14H20N2O2.ClH/c1-2-18-12-7-5-11(6-8-12)10-16-14(17)13-4-3-9-15-13;/h5-8,13,15H,2-4,9-10H2,1H3,(H,16,17);1H. The van der Waals surface area contributed by atoms with Crippen LogP contribution in [0.4, 0.5) is 0 Å². The third kappa shape index (κ3) is 4.73. The van der Waals surface area contributed by atoms with Crippen LogP contribution in [0.2, 0.25) is 0 Å². The molecule has 1 heterocycles. The molecule has 1 atom stereocenters.